The van der Waals surface area contributed by atoms with Gasteiger partial charge in [-0.25, -0.2) is 0 Å². The van der Waals surface area contributed by atoms with Crippen LogP contribution in [0.5, 0.6) is 5.88 Å². The highest BCUT2D eigenvalue weighted by atomic mass is 16.5. The number of ether oxygens (including phenoxy) is 1. The van der Waals surface area contributed by atoms with Crippen molar-refractivity contribution in [2.45, 2.75) is 26.5 Å². The smallest absolute Gasteiger partial charge is 0.232 e. The Morgan fingerprint density at radius 1 is 0.970 bits per heavy atom. The first kappa shape index (κ1) is 20.8. The Bertz CT molecular complexity index is 1350. The molecule has 5 rings (SSSR count). The summed E-state index contributed by atoms with van der Waals surface area (Å²) in [5, 5.41) is 20.2. The van der Waals surface area contributed by atoms with Gasteiger partial charge >= 0.3 is 0 Å². The molecule has 0 radical (unpaired) electrons. The standard InChI is InChI=1S/C24H23N7O2/c1-17-14-21(30-33-17)24-28-27-22-10-11-23(29-31(22)24)32-16-20-9-5-8-19(26-20)15-25-13-12-18-6-3-2-4-7-18/h2-11,14,25H,12-13,15-16H2,1H3. The maximum Gasteiger partial charge on any atom is 0.232 e. The zero-order chi connectivity index (χ0) is 22.5. The average molecular weight is 441 g/mol. The summed E-state index contributed by atoms with van der Waals surface area (Å²) in [4.78, 5) is 4.68. The maximum atomic E-state index is 5.89. The first-order valence-electron chi connectivity index (χ1n) is 10.7. The lowest BCUT2D eigenvalue weighted by Crippen LogP contribution is -2.17. The second-order valence-electron chi connectivity index (χ2n) is 7.61. The van der Waals surface area contributed by atoms with E-state index < -0.39 is 0 Å². The highest BCUT2D eigenvalue weighted by Crippen LogP contribution is 2.19. The van der Waals surface area contributed by atoms with Crippen molar-refractivity contribution in [3.63, 3.8) is 0 Å². The molecule has 9 heteroatoms. The molecule has 0 unspecified atom stereocenters. The molecule has 0 saturated carbocycles. The van der Waals surface area contributed by atoms with Crippen molar-refractivity contribution in [3.05, 3.63) is 89.4 Å². The molecule has 1 aromatic carbocycles. The van der Waals surface area contributed by atoms with Gasteiger partial charge in [-0.05, 0) is 43.7 Å². The molecule has 0 amide bonds. The summed E-state index contributed by atoms with van der Waals surface area (Å²) in [6, 6.07) is 21.7. The van der Waals surface area contributed by atoms with Crippen LogP contribution in [0.3, 0.4) is 0 Å². The lowest BCUT2D eigenvalue weighted by Gasteiger charge is -2.08. The summed E-state index contributed by atoms with van der Waals surface area (Å²) in [5.41, 5.74) is 4.28. The van der Waals surface area contributed by atoms with Gasteiger partial charge in [0, 0.05) is 18.7 Å². The Hall–Kier alpha value is -4.11. The fourth-order valence-electron chi connectivity index (χ4n) is 3.43. The van der Waals surface area contributed by atoms with Gasteiger partial charge in [0.25, 0.3) is 0 Å². The van der Waals surface area contributed by atoms with E-state index in [4.69, 9.17) is 9.26 Å². The third-order valence-corrected chi connectivity index (χ3v) is 5.07. The summed E-state index contributed by atoms with van der Waals surface area (Å²) >= 11 is 0. The lowest BCUT2D eigenvalue weighted by molar-refractivity contribution is 0.284. The Labute approximate surface area is 190 Å². The van der Waals surface area contributed by atoms with E-state index in [0.29, 0.717) is 42.0 Å². The second kappa shape index (κ2) is 9.58. The number of nitrogens with zero attached hydrogens (tertiary/aromatic N) is 6. The average Bonchev–Trinajstić information content (AvgIpc) is 3.47. The summed E-state index contributed by atoms with van der Waals surface area (Å²) in [7, 11) is 0. The molecule has 0 spiro atoms. The summed E-state index contributed by atoms with van der Waals surface area (Å²) < 4.78 is 12.6. The van der Waals surface area contributed by atoms with E-state index in [0.717, 1.165) is 24.4 Å². The van der Waals surface area contributed by atoms with Gasteiger partial charge in [-0.1, -0.05) is 41.6 Å². The van der Waals surface area contributed by atoms with Crippen LogP contribution in [0.25, 0.3) is 17.2 Å². The van der Waals surface area contributed by atoms with Crippen LogP contribution in [0, 0.1) is 6.92 Å². The van der Waals surface area contributed by atoms with Crippen LogP contribution in [0.1, 0.15) is 22.7 Å². The Kier molecular flexibility index (Phi) is 6.03. The van der Waals surface area contributed by atoms with Crippen LogP contribution in [0.15, 0.2) is 71.3 Å². The highest BCUT2D eigenvalue weighted by molar-refractivity contribution is 5.54. The SMILES string of the molecule is Cc1cc(-c2nnc3ccc(OCc4cccc(CNCCc5ccccc5)n4)nn23)no1. The number of hydrogen-bond acceptors (Lipinski definition) is 8. The number of pyridine rings is 1. The van der Waals surface area contributed by atoms with Crippen molar-refractivity contribution in [3.8, 4) is 17.4 Å². The number of benzene rings is 1. The Balaban J connectivity index is 1.20. The van der Waals surface area contributed by atoms with Crippen molar-refractivity contribution in [2.75, 3.05) is 6.54 Å². The summed E-state index contributed by atoms with van der Waals surface area (Å²) in [5.74, 6) is 1.63. The molecule has 0 aliphatic carbocycles. The molecule has 9 nitrogen and oxygen atoms in total. The number of aryl methyl sites for hydroxylation is 1. The van der Waals surface area contributed by atoms with E-state index in [9.17, 15) is 0 Å². The van der Waals surface area contributed by atoms with Crippen molar-refractivity contribution in [2.24, 2.45) is 0 Å². The van der Waals surface area contributed by atoms with Crippen LogP contribution in [-0.2, 0) is 19.6 Å². The predicted octanol–water partition coefficient (Wildman–Crippen LogP) is 3.39. The van der Waals surface area contributed by atoms with Gasteiger partial charge in [-0.3, -0.25) is 4.98 Å². The molecule has 4 heterocycles. The van der Waals surface area contributed by atoms with Crippen molar-refractivity contribution in [1.29, 1.82) is 0 Å². The Morgan fingerprint density at radius 2 is 1.85 bits per heavy atom. The van der Waals surface area contributed by atoms with E-state index in [-0.39, 0.29) is 0 Å². The third kappa shape index (κ3) is 5.04. The zero-order valence-electron chi connectivity index (χ0n) is 18.2. The van der Waals surface area contributed by atoms with Gasteiger partial charge in [0.2, 0.25) is 11.7 Å². The van der Waals surface area contributed by atoms with Gasteiger partial charge < -0.3 is 14.6 Å². The number of fused-ring (bicyclic) bond motifs is 1. The third-order valence-electron chi connectivity index (χ3n) is 5.07. The molecule has 1 N–H and O–H groups in total. The largest absolute Gasteiger partial charge is 0.470 e. The van der Waals surface area contributed by atoms with Crippen molar-refractivity contribution in [1.82, 2.24) is 35.3 Å². The molecule has 166 valence electrons. The maximum absolute atomic E-state index is 5.89. The van der Waals surface area contributed by atoms with E-state index in [1.165, 1.54) is 5.56 Å². The molecule has 0 saturated heterocycles. The quantitative estimate of drug-likeness (QED) is 0.347. The van der Waals surface area contributed by atoms with E-state index >= 15 is 0 Å². The van der Waals surface area contributed by atoms with Gasteiger partial charge in [0.1, 0.15) is 12.4 Å². The monoisotopic (exact) mass is 441 g/mol. The summed E-state index contributed by atoms with van der Waals surface area (Å²) in [6.07, 6.45) is 0.983. The molecule has 4 aromatic heterocycles. The van der Waals surface area contributed by atoms with Crippen LogP contribution >= 0.6 is 0 Å². The number of rotatable bonds is 9. The molecule has 0 aliphatic rings. The molecular weight excluding hydrogens is 418 g/mol. The van der Waals surface area contributed by atoms with Crippen LogP contribution < -0.4 is 10.1 Å². The van der Waals surface area contributed by atoms with E-state index in [1.807, 2.05) is 31.2 Å². The van der Waals surface area contributed by atoms with E-state index in [1.54, 1.807) is 22.7 Å². The van der Waals surface area contributed by atoms with Crippen LogP contribution in [-0.4, -0.2) is 36.5 Å². The van der Waals surface area contributed by atoms with Crippen molar-refractivity contribution < 1.29 is 9.26 Å². The first-order valence-corrected chi connectivity index (χ1v) is 10.7. The van der Waals surface area contributed by atoms with Crippen LogP contribution in [0.2, 0.25) is 0 Å². The number of hydrogen-bond donors (Lipinski definition) is 1. The van der Waals surface area contributed by atoms with Gasteiger partial charge in [-0.2, -0.15) is 4.52 Å². The fraction of sp³-hybridized carbons (Fsp3) is 0.208. The van der Waals surface area contributed by atoms with Crippen molar-refractivity contribution >= 4 is 5.65 Å². The summed E-state index contributed by atoms with van der Waals surface area (Å²) in [6.45, 7) is 3.72. The van der Waals surface area contributed by atoms with E-state index in [2.05, 4.69) is 55.0 Å². The number of aromatic nitrogens is 6. The number of nitrogens with one attached hydrogen (secondary N) is 1. The molecular formula is C24H23N7O2. The normalized spacial score (nSPS) is 11.2. The molecule has 5 aromatic rings. The first-order chi connectivity index (χ1) is 16.2. The zero-order valence-corrected chi connectivity index (χ0v) is 18.2. The Morgan fingerprint density at radius 3 is 2.70 bits per heavy atom. The van der Waals surface area contributed by atoms with Gasteiger partial charge in [0.05, 0.1) is 11.4 Å². The minimum absolute atomic E-state index is 0.302. The molecule has 33 heavy (non-hydrogen) atoms. The topological polar surface area (TPSA) is 103 Å². The molecule has 0 atom stereocenters. The lowest BCUT2D eigenvalue weighted by atomic mass is 10.1. The molecule has 0 fully saturated rings. The minimum atomic E-state index is 0.302. The van der Waals surface area contributed by atoms with Gasteiger partial charge in [-0.15, -0.1) is 15.3 Å². The fourth-order valence-corrected chi connectivity index (χ4v) is 3.43. The predicted molar refractivity (Wildman–Crippen MR) is 121 cm³/mol. The second-order valence-corrected chi connectivity index (χ2v) is 7.61. The van der Waals surface area contributed by atoms with Crippen LogP contribution in [0.4, 0.5) is 0 Å². The minimum Gasteiger partial charge on any atom is -0.470 e. The van der Waals surface area contributed by atoms with Gasteiger partial charge in [0.15, 0.2) is 11.3 Å². The molecule has 0 bridgehead atoms. The highest BCUT2D eigenvalue weighted by Gasteiger charge is 2.14. The molecule has 0 aliphatic heterocycles.